The van der Waals surface area contributed by atoms with Crippen molar-refractivity contribution in [2.75, 3.05) is 26.2 Å². The quantitative estimate of drug-likeness (QED) is 0.670. The van der Waals surface area contributed by atoms with Crippen molar-refractivity contribution in [3.63, 3.8) is 0 Å². The molecule has 0 aromatic heterocycles. The molecule has 0 spiro atoms. The summed E-state index contributed by atoms with van der Waals surface area (Å²) in [4.78, 5) is 25.7. The lowest BCUT2D eigenvalue weighted by atomic mass is 10.1. The number of carbonyl (C=O) groups is 2. The number of amides is 2. The van der Waals surface area contributed by atoms with Crippen molar-refractivity contribution in [1.82, 2.24) is 10.2 Å². The van der Waals surface area contributed by atoms with Crippen LogP contribution in [-0.4, -0.2) is 55.1 Å². The van der Waals surface area contributed by atoms with Gasteiger partial charge in [0.25, 0.3) is 5.91 Å². The summed E-state index contributed by atoms with van der Waals surface area (Å²) < 4.78 is 5.61. The van der Waals surface area contributed by atoms with E-state index in [4.69, 9.17) is 10.5 Å². The third-order valence-electron chi connectivity index (χ3n) is 3.36. The molecule has 20 heavy (non-hydrogen) atoms. The third-order valence-corrected chi connectivity index (χ3v) is 3.36. The van der Waals surface area contributed by atoms with Crippen LogP contribution in [0.25, 0.3) is 0 Å². The van der Waals surface area contributed by atoms with E-state index in [-0.39, 0.29) is 24.5 Å². The Bertz CT molecular complexity index is 323. The van der Waals surface area contributed by atoms with E-state index < -0.39 is 6.10 Å². The standard InChI is InChI=1S/C14H27N3O3/c1-3-7-16-13(18)10-17(8-4-2)14(19)12-6-5-11(9-15)20-12/h11-12H,3-10,15H2,1-2H3,(H,16,18)/t11-,12+/m1/s1. The normalized spacial score (nSPS) is 21.8. The van der Waals surface area contributed by atoms with Gasteiger partial charge in [0.05, 0.1) is 12.6 Å². The van der Waals surface area contributed by atoms with E-state index in [0.29, 0.717) is 26.1 Å². The maximum absolute atomic E-state index is 12.4. The molecule has 116 valence electrons. The summed E-state index contributed by atoms with van der Waals surface area (Å²) in [7, 11) is 0. The molecule has 3 N–H and O–H groups in total. The predicted octanol–water partition coefficient (Wildman–Crippen LogP) is 0.258. The highest BCUT2D eigenvalue weighted by molar-refractivity contribution is 5.87. The van der Waals surface area contributed by atoms with Crippen LogP contribution in [0.15, 0.2) is 0 Å². The highest BCUT2D eigenvalue weighted by atomic mass is 16.5. The first kappa shape index (κ1) is 16.9. The van der Waals surface area contributed by atoms with Crippen LogP contribution in [0.5, 0.6) is 0 Å². The SMILES string of the molecule is CCCNC(=O)CN(CCC)C(=O)[C@@H]1CC[C@H](CN)O1. The van der Waals surface area contributed by atoms with Crippen LogP contribution in [0.3, 0.4) is 0 Å². The van der Waals surface area contributed by atoms with Gasteiger partial charge in [0, 0.05) is 19.6 Å². The van der Waals surface area contributed by atoms with Crippen molar-refractivity contribution < 1.29 is 14.3 Å². The van der Waals surface area contributed by atoms with Gasteiger partial charge in [-0.1, -0.05) is 13.8 Å². The molecule has 1 saturated heterocycles. The molecule has 0 unspecified atom stereocenters. The van der Waals surface area contributed by atoms with Crippen LogP contribution < -0.4 is 11.1 Å². The summed E-state index contributed by atoms with van der Waals surface area (Å²) in [5.74, 6) is -0.198. The summed E-state index contributed by atoms with van der Waals surface area (Å²) in [5.41, 5.74) is 5.55. The fourth-order valence-corrected chi connectivity index (χ4v) is 2.30. The monoisotopic (exact) mass is 285 g/mol. The van der Waals surface area contributed by atoms with Gasteiger partial charge >= 0.3 is 0 Å². The maximum Gasteiger partial charge on any atom is 0.252 e. The summed E-state index contributed by atoms with van der Waals surface area (Å²) in [6.07, 6.45) is 2.75. The summed E-state index contributed by atoms with van der Waals surface area (Å²) in [6, 6.07) is 0. The molecule has 0 bridgehead atoms. The van der Waals surface area contributed by atoms with E-state index in [1.165, 1.54) is 0 Å². The second-order valence-corrected chi connectivity index (χ2v) is 5.17. The minimum atomic E-state index is -0.436. The Morgan fingerprint density at radius 2 is 2.05 bits per heavy atom. The van der Waals surface area contributed by atoms with Crippen LogP contribution in [0.2, 0.25) is 0 Å². The van der Waals surface area contributed by atoms with Gasteiger partial charge in [-0.25, -0.2) is 0 Å². The van der Waals surface area contributed by atoms with Crippen LogP contribution in [0.1, 0.15) is 39.5 Å². The van der Waals surface area contributed by atoms with E-state index in [0.717, 1.165) is 19.3 Å². The van der Waals surface area contributed by atoms with Crippen molar-refractivity contribution in [2.45, 2.75) is 51.7 Å². The molecule has 1 fully saturated rings. The Balaban J connectivity index is 2.52. The number of nitrogens with two attached hydrogens (primary N) is 1. The number of nitrogens with zero attached hydrogens (tertiary/aromatic N) is 1. The molecule has 0 aliphatic carbocycles. The van der Waals surface area contributed by atoms with Crippen LogP contribution in [0.4, 0.5) is 0 Å². The van der Waals surface area contributed by atoms with Crippen LogP contribution in [0, 0.1) is 0 Å². The molecule has 0 aromatic rings. The van der Waals surface area contributed by atoms with Crippen molar-refractivity contribution in [3.05, 3.63) is 0 Å². The highest BCUT2D eigenvalue weighted by Gasteiger charge is 2.33. The van der Waals surface area contributed by atoms with E-state index in [1.807, 2.05) is 13.8 Å². The minimum absolute atomic E-state index is 0.0265. The summed E-state index contributed by atoms with van der Waals surface area (Å²) in [6.45, 7) is 5.75. The van der Waals surface area contributed by atoms with Gasteiger partial charge in [0.2, 0.25) is 5.91 Å². The molecule has 2 atom stereocenters. The fraction of sp³-hybridized carbons (Fsp3) is 0.857. The van der Waals surface area contributed by atoms with Gasteiger partial charge in [-0.3, -0.25) is 9.59 Å². The number of ether oxygens (including phenoxy) is 1. The molecular formula is C14H27N3O3. The maximum atomic E-state index is 12.4. The molecule has 6 heteroatoms. The fourth-order valence-electron chi connectivity index (χ4n) is 2.30. The van der Waals surface area contributed by atoms with Crippen molar-refractivity contribution in [1.29, 1.82) is 0 Å². The Kier molecular flexibility index (Phi) is 7.54. The Morgan fingerprint density at radius 3 is 2.60 bits per heavy atom. The first-order valence-corrected chi connectivity index (χ1v) is 7.53. The molecule has 2 amide bonds. The Labute approximate surface area is 121 Å². The summed E-state index contributed by atoms with van der Waals surface area (Å²) in [5, 5.41) is 2.79. The van der Waals surface area contributed by atoms with Crippen molar-refractivity contribution in [3.8, 4) is 0 Å². The Morgan fingerprint density at radius 1 is 1.30 bits per heavy atom. The van der Waals surface area contributed by atoms with Gasteiger partial charge in [0.15, 0.2) is 0 Å². The lowest BCUT2D eigenvalue weighted by molar-refractivity contribution is -0.145. The van der Waals surface area contributed by atoms with Gasteiger partial charge in [-0.15, -0.1) is 0 Å². The molecule has 1 heterocycles. The van der Waals surface area contributed by atoms with Gasteiger partial charge in [-0.2, -0.15) is 0 Å². The molecule has 0 saturated carbocycles. The van der Waals surface area contributed by atoms with Gasteiger partial charge < -0.3 is 20.7 Å². The van der Waals surface area contributed by atoms with Gasteiger partial charge in [-0.05, 0) is 25.7 Å². The topological polar surface area (TPSA) is 84.7 Å². The zero-order valence-electron chi connectivity index (χ0n) is 12.6. The molecule has 0 radical (unpaired) electrons. The molecular weight excluding hydrogens is 258 g/mol. The van der Waals surface area contributed by atoms with Crippen molar-refractivity contribution in [2.24, 2.45) is 5.73 Å². The first-order chi connectivity index (χ1) is 9.62. The zero-order valence-corrected chi connectivity index (χ0v) is 12.6. The van der Waals surface area contributed by atoms with E-state index in [2.05, 4.69) is 5.32 Å². The van der Waals surface area contributed by atoms with E-state index >= 15 is 0 Å². The summed E-state index contributed by atoms with van der Waals surface area (Å²) >= 11 is 0. The number of nitrogens with one attached hydrogen (secondary N) is 1. The largest absolute Gasteiger partial charge is 0.364 e. The second-order valence-electron chi connectivity index (χ2n) is 5.17. The average molecular weight is 285 g/mol. The lowest BCUT2D eigenvalue weighted by Crippen LogP contribution is -2.45. The third kappa shape index (κ3) is 5.09. The van der Waals surface area contributed by atoms with E-state index in [9.17, 15) is 9.59 Å². The Hall–Kier alpha value is -1.14. The zero-order chi connectivity index (χ0) is 15.0. The molecule has 1 aliphatic heterocycles. The lowest BCUT2D eigenvalue weighted by Gasteiger charge is -2.24. The number of carbonyl (C=O) groups excluding carboxylic acids is 2. The minimum Gasteiger partial charge on any atom is -0.364 e. The highest BCUT2D eigenvalue weighted by Crippen LogP contribution is 2.20. The van der Waals surface area contributed by atoms with Crippen LogP contribution >= 0.6 is 0 Å². The molecule has 0 aromatic carbocycles. The van der Waals surface area contributed by atoms with Crippen molar-refractivity contribution >= 4 is 11.8 Å². The molecule has 1 rings (SSSR count). The van der Waals surface area contributed by atoms with Crippen LogP contribution in [-0.2, 0) is 14.3 Å². The number of rotatable bonds is 8. The predicted molar refractivity (Wildman–Crippen MR) is 77.1 cm³/mol. The number of hydrogen-bond acceptors (Lipinski definition) is 4. The molecule has 6 nitrogen and oxygen atoms in total. The van der Waals surface area contributed by atoms with E-state index in [1.54, 1.807) is 4.90 Å². The number of hydrogen-bond donors (Lipinski definition) is 2. The first-order valence-electron chi connectivity index (χ1n) is 7.53. The smallest absolute Gasteiger partial charge is 0.252 e. The average Bonchev–Trinajstić information content (AvgIpc) is 2.92. The van der Waals surface area contributed by atoms with Gasteiger partial charge in [0.1, 0.15) is 6.10 Å². The second kappa shape index (κ2) is 8.92. The molecule has 1 aliphatic rings.